The number of aromatic nitrogens is 1. The van der Waals surface area contributed by atoms with E-state index >= 15 is 0 Å². The number of likely N-dealkylation sites (N-methyl/N-ethyl adjacent to an activating group) is 1. The smallest absolute Gasteiger partial charge is 0.256 e. The second-order valence-electron chi connectivity index (χ2n) is 9.14. The minimum Gasteiger partial charge on any atom is -0.384 e. The summed E-state index contributed by atoms with van der Waals surface area (Å²) in [5.41, 5.74) is 3.67. The number of rotatable bonds is 8. The maximum atomic E-state index is 14.7. The Morgan fingerprint density at radius 2 is 2.03 bits per heavy atom. The molecule has 192 valence electrons. The largest absolute Gasteiger partial charge is 0.384 e. The summed E-state index contributed by atoms with van der Waals surface area (Å²) in [5, 5.41) is 14.4. The van der Waals surface area contributed by atoms with Crippen LogP contribution in [-0.2, 0) is 16.0 Å². The molecular formula is C26H32FN5O4. The molecule has 2 aliphatic rings. The number of hydrogen-bond donors (Lipinski definition) is 4. The molecule has 0 radical (unpaired) electrons. The zero-order chi connectivity index (χ0) is 26.1. The first-order valence-electron chi connectivity index (χ1n) is 12.2. The van der Waals surface area contributed by atoms with Crippen molar-refractivity contribution in [1.29, 1.82) is 0 Å². The number of nitrogens with zero attached hydrogens (tertiary/aromatic N) is 2. The van der Waals surface area contributed by atoms with Gasteiger partial charge in [0.25, 0.3) is 17.7 Å². The summed E-state index contributed by atoms with van der Waals surface area (Å²) >= 11 is 0. The molecule has 3 heterocycles. The number of amides is 3. The minimum atomic E-state index is -1.31. The predicted octanol–water partition coefficient (Wildman–Crippen LogP) is 2.61. The van der Waals surface area contributed by atoms with E-state index in [1.54, 1.807) is 6.08 Å². The summed E-state index contributed by atoms with van der Waals surface area (Å²) in [6, 6.07) is 2.50. The average molecular weight is 498 g/mol. The van der Waals surface area contributed by atoms with Crippen molar-refractivity contribution in [2.24, 2.45) is 0 Å². The normalized spacial score (nSPS) is 16.9. The highest BCUT2D eigenvalue weighted by Crippen LogP contribution is 2.37. The Morgan fingerprint density at radius 1 is 1.31 bits per heavy atom. The average Bonchev–Trinajstić information content (AvgIpc) is 3.32. The fraction of sp³-hybridized carbons (Fsp3) is 0.423. The van der Waals surface area contributed by atoms with Gasteiger partial charge in [0, 0.05) is 43.0 Å². The van der Waals surface area contributed by atoms with E-state index in [0.29, 0.717) is 42.0 Å². The van der Waals surface area contributed by atoms with Crippen LogP contribution in [0.2, 0.25) is 0 Å². The van der Waals surface area contributed by atoms with E-state index in [1.807, 2.05) is 11.8 Å². The fourth-order valence-electron chi connectivity index (χ4n) is 4.65. The van der Waals surface area contributed by atoms with E-state index in [4.69, 9.17) is 0 Å². The minimum absolute atomic E-state index is 0.0254. The summed E-state index contributed by atoms with van der Waals surface area (Å²) in [4.78, 5) is 45.2. The molecule has 4 rings (SSSR count). The first-order chi connectivity index (χ1) is 17.1. The molecule has 0 bridgehead atoms. The summed E-state index contributed by atoms with van der Waals surface area (Å²) in [5.74, 6) is -1.92. The standard InChI is InChI=1S/C26H32FN5O4/c1-5-31(6-2)9-10-32-8-7-19-23(26(32)36)14(3)20(28-19)12-17-16-11-18(27)22(30-24(34)15(4)33)13-21(16)29-25(17)35/h11-13,15,28,33H,5-10H2,1-4H3,(H,29,35)(H,30,34)/t15-/m0/s1. The second-order valence-corrected chi connectivity index (χ2v) is 9.14. The van der Waals surface area contributed by atoms with Crippen molar-refractivity contribution < 1.29 is 23.9 Å². The molecule has 4 N–H and O–H groups in total. The van der Waals surface area contributed by atoms with Crippen LogP contribution in [0.15, 0.2) is 12.1 Å². The van der Waals surface area contributed by atoms with Gasteiger partial charge in [-0.05, 0) is 50.7 Å². The number of H-pyrrole nitrogens is 1. The van der Waals surface area contributed by atoms with Crippen LogP contribution in [0.1, 0.15) is 53.6 Å². The predicted molar refractivity (Wildman–Crippen MR) is 136 cm³/mol. The molecule has 10 heteroatoms. The number of aliphatic hydroxyl groups excluding tert-OH is 1. The van der Waals surface area contributed by atoms with E-state index < -0.39 is 23.7 Å². The Morgan fingerprint density at radius 3 is 2.69 bits per heavy atom. The molecule has 1 aromatic carbocycles. The monoisotopic (exact) mass is 497 g/mol. The van der Waals surface area contributed by atoms with Crippen LogP contribution >= 0.6 is 0 Å². The number of anilines is 2. The van der Waals surface area contributed by atoms with E-state index in [1.165, 1.54) is 19.1 Å². The molecule has 1 atom stereocenters. The Labute approximate surface area is 209 Å². The first kappa shape index (κ1) is 25.6. The van der Waals surface area contributed by atoms with Gasteiger partial charge < -0.3 is 30.5 Å². The zero-order valence-corrected chi connectivity index (χ0v) is 21.0. The Kier molecular flexibility index (Phi) is 7.28. The van der Waals surface area contributed by atoms with Crippen LogP contribution in [0.5, 0.6) is 0 Å². The van der Waals surface area contributed by atoms with Crippen LogP contribution in [0.4, 0.5) is 15.8 Å². The molecule has 3 amide bonds. The molecule has 0 aliphatic carbocycles. The van der Waals surface area contributed by atoms with Gasteiger partial charge in [-0.15, -0.1) is 0 Å². The highest BCUT2D eigenvalue weighted by molar-refractivity contribution is 6.35. The van der Waals surface area contributed by atoms with Crippen molar-refractivity contribution >= 4 is 40.7 Å². The van der Waals surface area contributed by atoms with Crippen molar-refractivity contribution in [2.75, 3.05) is 43.4 Å². The Balaban J connectivity index is 1.61. The molecule has 2 aromatic rings. The second kappa shape index (κ2) is 10.2. The van der Waals surface area contributed by atoms with Crippen molar-refractivity contribution in [2.45, 2.75) is 40.2 Å². The van der Waals surface area contributed by atoms with Gasteiger partial charge in [-0.1, -0.05) is 13.8 Å². The number of nitrogens with one attached hydrogen (secondary N) is 3. The number of benzene rings is 1. The number of fused-ring (bicyclic) bond motifs is 2. The van der Waals surface area contributed by atoms with Gasteiger partial charge in [0.2, 0.25) is 0 Å². The fourth-order valence-corrected chi connectivity index (χ4v) is 4.65. The maximum Gasteiger partial charge on any atom is 0.256 e. The zero-order valence-electron chi connectivity index (χ0n) is 21.0. The Bertz CT molecular complexity index is 1250. The van der Waals surface area contributed by atoms with E-state index in [9.17, 15) is 23.9 Å². The number of carbonyl (C=O) groups excluding carboxylic acids is 3. The van der Waals surface area contributed by atoms with Gasteiger partial charge >= 0.3 is 0 Å². The van der Waals surface area contributed by atoms with Gasteiger partial charge in [0.05, 0.1) is 22.5 Å². The van der Waals surface area contributed by atoms with Crippen LogP contribution in [-0.4, -0.2) is 76.4 Å². The summed E-state index contributed by atoms with van der Waals surface area (Å²) < 4.78 is 14.7. The number of halogens is 1. The third-order valence-electron chi connectivity index (χ3n) is 6.90. The third-order valence-corrected chi connectivity index (χ3v) is 6.90. The van der Waals surface area contributed by atoms with Crippen LogP contribution in [0.3, 0.4) is 0 Å². The number of aliphatic hydroxyl groups is 1. The van der Waals surface area contributed by atoms with Crippen LogP contribution in [0, 0.1) is 12.7 Å². The van der Waals surface area contributed by atoms with Gasteiger partial charge in [-0.2, -0.15) is 0 Å². The SMILES string of the molecule is CCN(CC)CCN1CCc2[nH]c(C=C3C(=O)Nc4cc(NC(=O)[C@H](C)O)c(F)cc43)c(C)c2C1=O. The Hall–Kier alpha value is -3.50. The quantitative estimate of drug-likeness (QED) is 0.418. The topological polar surface area (TPSA) is 118 Å². The molecule has 2 aliphatic heterocycles. The lowest BCUT2D eigenvalue weighted by molar-refractivity contribution is -0.123. The van der Waals surface area contributed by atoms with Crippen LogP contribution < -0.4 is 10.6 Å². The maximum absolute atomic E-state index is 14.7. The molecule has 0 spiro atoms. The highest BCUT2D eigenvalue weighted by Gasteiger charge is 2.31. The molecule has 0 saturated carbocycles. The lowest BCUT2D eigenvalue weighted by atomic mass is 10.0. The summed E-state index contributed by atoms with van der Waals surface area (Å²) in [6.45, 7) is 11.3. The molecular weight excluding hydrogens is 465 g/mol. The van der Waals surface area contributed by atoms with Crippen LogP contribution in [0.25, 0.3) is 11.6 Å². The third kappa shape index (κ3) is 4.78. The van der Waals surface area contributed by atoms with E-state index in [2.05, 4.69) is 34.4 Å². The number of carbonyl (C=O) groups is 3. The van der Waals surface area contributed by atoms with E-state index in [-0.39, 0.29) is 17.2 Å². The lowest BCUT2D eigenvalue weighted by Gasteiger charge is -2.29. The highest BCUT2D eigenvalue weighted by atomic mass is 19.1. The number of aromatic amines is 1. The molecule has 0 fully saturated rings. The molecule has 1 aromatic heterocycles. The van der Waals surface area contributed by atoms with Crippen molar-refractivity contribution in [3.8, 4) is 0 Å². The van der Waals surface area contributed by atoms with Gasteiger partial charge in [-0.3, -0.25) is 14.4 Å². The van der Waals surface area contributed by atoms with E-state index in [0.717, 1.165) is 30.9 Å². The summed E-state index contributed by atoms with van der Waals surface area (Å²) in [6.07, 6.45) is 1.02. The molecule has 9 nitrogen and oxygen atoms in total. The molecule has 0 unspecified atom stereocenters. The number of hydrogen-bond acceptors (Lipinski definition) is 5. The summed E-state index contributed by atoms with van der Waals surface area (Å²) in [7, 11) is 0. The van der Waals surface area contributed by atoms with Gasteiger partial charge in [-0.25, -0.2) is 4.39 Å². The molecule has 36 heavy (non-hydrogen) atoms. The lowest BCUT2D eigenvalue weighted by Crippen LogP contribution is -2.42. The first-order valence-corrected chi connectivity index (χ1v) is 12.2. The van der Waals surface area contributed by atoms with Gasteiger partial charge in [0.1, 0.15) is 11.9 Å². The van der Waals surface area contributed by atoms with Crippen molar-refractivity contribution in [3.63, 3.8) is 0 Å². The molecule has 0 saturated heterocycles. The van der Waals surface area contributed by atoms with Gasteiger partial charge in [0.15, 0.2) is 0 Å². The van der Waals surface area contributed by atoms with Crippen molar-refractivity contribution in [3.05, 3.63) is 46.0 Å². The van der Waals surface area contributed by atoms with Crippen molar-refractivity contribution in [1.82, 2.24) is 14.8 Å².